The SMILES string of the molecule is CCN(CC)[SiH2]OCOc1ccc(-c2cccc(F)c2)cc1. The van der Waals surface area contributed by atoms with E-state index in [1.807, 2.05) is 30.3 Å². The molecule has 0 N–H and O–H groups in total. The molecule has 0 saturated carbocycles. The third-order valence-electron chi connectivity index (χ3n) is 3.49. The van der Waals surface area contributed by atoms with Crippen molar-refractivity contribution >= 4 is 9.92 Å². The van der Waals surface area contributed by atoms with E-state index in [0.717, 1.165) is 30.0 Å². The van der Waals surface area contributed by atoms with E-state index in [1.165, 1.54) is 12.1 Å². The van der Waals surface area contributed by atoms with Gasteiger partial charge in [-0.25, -0.2) is 4.39 Å². The molecule has 0 aliphatic heterocycles. The smallest absolute Gasteiger partial charge is 0.243 e. The number of hydrogen-bond acceptors (Lipinski definition) is 3. The van der Waals surface area contributed by atoms with Gasteiger partial charge in [-0.3, -0.25) is 0 Å². The Hall–Kier alpha value is -1.69. The normalized spacial score (nSPS) is 11.5. The average molecular weight is 319 g/mol. The molecule has 0 radical (unpaired) electrons. The largest absolute Gasteiger partial charge is 0.469 e. The Morgan fingerprint density at radius 3 is 2.36 bits per heavy atom. The number of ether oxygens (including phenoxy) is 1. The summed E-state index contributed by atoms with van der Waals surface area (Å²) in [5.74, 6) is 0.529. The van der Waals surface area contributed by atoms with E-state index in [0.29, 0.717) is 0 Å². The van der Waals surface area contributed by atoms with E-state index in [1.54, 1.807) is 6.07 Å². The first-order valence-electron chi connectivity index (χ1n) is 7.51. The Morgan fingerprint density at radius 1 is 1.00 bits per heavy atom. The molecule has 0 spiro atoms. The maximum Gasteiger partial charge on any atom is 0.243 e. The van der Waals surface area contributed by atoms with E-state index in [-0.39, 0.29) is 12.6 Å². The second-order valence-corrected chi connectivity index (χ2v) is 6.49. The van der Waals surface area contributed by atoms with Crippen LogP contribution in [0.5, 0.6) is 5.75 Å². The highest BCUT2D eigenvalue weighted by Crippen LogP contribution is 2.22. The van der Waals surface area contributed by atoms with Crippen LogP contribution in [0.1, 0.15) is 13.8 Å². The van der Waals surface area contributed by atoms with Gasteiger partial charge in [-0.15, -0.1) is 0 Å². The summed E-state index contributed by atoms with van der Waals surface area (Å²) in [4.78, 5) is 0. The fraction of sp³-hybridized carbons (Fsp3) is 0.294. The Balaban J connectivity index is 1.84. The highest BCUT2D eigenvalue weighted by molar-refractivity contribution is 6.23. The number of halogens is 1. The van der Waals surface area contributed by atoms with Gasteiger partial charge in [0.1, 0.15) is 11.6 Å². The van der Waals surface area contributed by atoms with Crippen molar-refractivity contribution in [2.45, 2.75) is 13.8 Å². The van der Waals surface area contributed by atoms with E-state index in [2.05, 4.69) is 18.4 Å². The lowest BCUT2D eigenvalue weighted by Crippen LogP contribution is -2.30. The molecule has 0 aromatic heterocycles. The van der Waals surface area contributed by atoms with Crippen LogP contribution >= 0.6 is 0 Å². The number of rotatable bonds is 8. The molecule has 2 rings (SSSR count). The molecule has 0 fully saturated rings. The van der Waals surface area contributed by atoms with Crippen LogP contribution in [0.25, 0.3) is 11.1 Å². The summed E-state index contributed by atoms with van der Waals surface area (Å²) < 4.78 is 26.7. The van der Waals surface area contributed by atoms with Gasteiger partial charge in [-0.05, 0) is 48.5 Å². The molecule has 118 valence electrons. The van der Waals surface area contributed by atoms with Crippen LogP contribution in [0.4, 0.5) is 4.39 Å². The highest BCUT2D eigenvalue weighted by atomic mass is 28.2. The van der Waals surface area contributed by atoms with E-state index in [4.69, 9.17) is 9.16 Å². The molecule has 0 unspecified atom stereocenters. The maximum absolute atomic E-state index is 13.2. The summed E-state index contributed by atoms with van der Waals surface area (Å²) >= 11 is 0. The van der Waals surface area contributed by atoms with Crippen LogP contribution in [-0.4, -0.2) is 34.4 Å². The first-order valence-corrected chi connectivity index (χ1v) is 8.72. The first kappa shape index (κ1) is 16.7. The third-order valence-corrected chi connectivity index (χ3v) is 5.10. The summed E-state index contributed by atoms with van der Waals surface area (Å²) in [6.45, 7) is 6.58. The second-order valence-electron chi connectivity index (χ2n) is 4.93. The molecule has 0 atom stereocenters. The fourth-order valence-electron chi connectivity index (χ4n) is 2.09. The zero-order valence-electron chi connectivity index (χ0n) is 13.1. The molecule has 2 aromatic rings. The van der Waals surface area contributed by atoms with Crippen LogP contribution < -0.4 is 4.74 Å². The molecule has 0 saturated heterocycles. The quantitative estimate of drug-likeness (QED) is 0.424. The topological polar surface area (TPSA) is 21.7 Å². The molecular formula is C17H22FNO2Si. The molecule has 0 heterocycles. The lowest BCUT2D eigenvalue weighted by atomic mass is 10.1. The second kappa shape index (κ2) is 8.68. The minimum absolute atomic E-state index is 0.229. The van der Waals surface area contributed by atoms with Crippen LogP contribution in [0.3, 0.4) is 0 Å². The number of nitrogens with zero attached hydrogens (tertiary/aromatic N) is 1. The Bertz CT molecular complexity index is 573. The molecule has 3 nitrogen and oxygen atoms in total. The first-order chi connectivity index (χ1) is 10.7. The van der Waals surface area contributed by atoms with Gasteiger partial charge in [0.2, 0.25) is 9.92 Å². The predicted octanol–water partition coefficient (Wildman–Crippen LogP) is 3.19. The summed E-state index contributed by atoms with van der Waals surface area (Å²) in [5, 5.41) is 0. The van der Waals surface area contributed by atoms with Gasteiger partial charge in [-0.2, -0.15) is 0 Å². The zero-order chi connectivity index (χ0) is 15.8. The van der Waals surface area contributed by atoms with E-state index in [9.17, 15) is 4.39 Å². The van der Waals surface area contributed by atoms with Gasteiger partial charge < -0.3 is 13.7 Å². The van der Waals surface area contributed by atoms with Crippen molar-refractivity contribution in [2.24, 2.45) is 0 Å². The average Bonchev–Trinajstić information content (AvgIpc) is 2.55. The van der Waals surface area contributed by atoms with Crippen molar-refractivity contribution in [2.75, 3.05) is 19.9 Å². The minimum Gasteiger partial charge on any atom is -0.469 e. The van der Waals surface area contributed by atoms with Crippen LogP contribution in [0.15, 0.2) is 48.5 Å². The molecule has 22 heavy (non-hydrogen) atoms. The van der Waals surface area contributed by atoms with Gasteiger partial charge >= 0.3 is 0 Å². The standard InChI is InChI=1S/C17H22FNO2Si/c1-3-19(4-2)22-21-13-20-17-10-8-14(9-11-17)15-6-5-7-16(18)12-15/h5-12H,3-4,13,22H2,1-2H3. The molecule has 0 aliphatic rings. The van der Waals surface area contributed by atoms with Gasteiger partial charge in [-0.1, -0.05) is 38.1 Å². The predicted molar refractivity (Wildman–Crippen MR) is 89.9 cm³/mol. The fourth-order valence-corrected chi connectivity index (χ4v) is 2.88. The highest BCUT2D eigenvalue weighted by Gasteiger charge is 2.02. The van der Waals surface area contributed by atoms with Gasteiger partial charge in [0, 0.05) is 0 Å². The van der Waals surface area contributed by atoms with Gasteiger partial charge in [0.25, 0.3) is 0 Å². The summed E-state index contributed by atoms with van der Waals surface area (Å²) in [7, 11) is -0.678. The van der Waals surface area contributed by atoms with Crippen molar-refractivity contribution in [3.63, 3.8) is 0 Å². The molecule has 0 aliphatic carbocycles. The Kier molecular flexibility index (Phi) is 6.58. The van der Waals surface area contributed by atoms with Crippen molar-refractivity contribution in [3.05, 3.63) is 54.3 Å². The monoisotopic (exact) mass is 319 g/mol. The van der Waals surface area contributed by atoms with Crippen LogP contribution in [-0.2, 0) is 4.43 Å². The molecular weight excluding hydrogens is 297 g/mol. The number of benzene rings is 2. The Labute approximate surface area is 133 Å². The van der Waals surface area contributed by atoms with Gasteiger partial charge in [0.15, 0.2) is 6.79 Å². The van der Waals surface area contributed by atoms with E-state index < -0.39 is 9.92 Å². The third kappa shape index (κ3) is 4.94. The zero-order valence-corrected chi connectivity index (χ0v) is 14.5. The summed E-state index contributed by atoms with van der Waals surface area (Å²) in [6.07, 6.45) is 0. The molecule has 0 bridgehead atoms. The number of hydrogen-bond donors (Lipinski definition) is 0. The Morgan fingerprint density at radius 2 is 1.73 bits per heavy atom. The van der Waals surface area contributed by atoms with Crippen LogP contribution in [0, 0.1) is 5.82 Å². The van der Waals surface area contributed by atoms with Crippen molar-refractivity contribution < 1.29 is 13.6 Å². The molecule has 2 aromatic carbocycles. The summed E-state index contributed by atoms with van der Waals surface area (Å²) in [6, 6.07) is 14.2. The van der Waals surface area contributed by atoms with Gasteiger partial charge in [0.05, 0.1) is 0 Å². The van der Waals surface area contributed by atoms with Crippen LogP contribution in [0.2, 0.25) is 0 Å². The van der Waals surface area contributed by atoms with Crippen molar-refractivity contribution in [1.29, 1.82) is 0 Å². The lowest BCUT2D eigenvalue weighted by Gasteiger charge is -2.17. The molecule has 0 amide bonds. The minimum atomic E-state index is -0.678. The van der Waals surface area contributed by atoms with E-state index >= 15 is 0 Å². The van der Waals surface area contributed by atoms with Crippen molar-refractivity contribution in [1.82, 2.24) is 4.57 Å². The van der Waals surface area contributed by atoms with Crippen molar-refractivity contribution in [3.8, 4) is 16.9 Å². The lowest BCUT2D eigenvalue weighted by molar-refractivity contribution is 0.113. The maximum atomic E-state index is 13.2. The molecule has 5 heteroatoms. The summed E-state index contributed by atoms with van der Waals surface area (Å²) in [5.41, 5.74) is 1.82.